The van der Waals surface area contributed by atoms with E-state index in [0.29, 0.717) is 10.9 Å². The van der Waals surface area contributed by atoms with E-state index in [4.69, 9.17) is 4.74 Å². The molecule has 0 spiro atoms. The average Bonchev–Trinajstić information content (AvgIpc) is 2.81. The van der Waals surface area contributed by atoms with E-state index >= 15 is 0 Å². The molecule has 142 valence electrons. The van der Waals surface area contributed by atoms with Gasteiger partial charge in [0.2, 0.25) is 0 Å². The Morgan fingerprint density at radius 1 is 1.12 bits per heavy atom. The highest BCUT2D eigenvalue weighted by Gasteiger charge is 2.27. The first-order chi connectivity index (χ1) is 12.0. The number of rotatable bonds is 6. The van der Waals surface area contributed by atoms with Crippen LogP contribution < -0.4 is 10.1 Å². The van der Waals surface area contributed by atoms with Gasteiger partial charge in [0.05, 0.1) is 5.69 Å². The Labute approximate surface area is 161 Å². The molecular weight excluding hydrogens is 344 g/mol. The van der Waals surface area contributed by atoms with E-state index in [0.717, 1.165) is 17.0 Å². The van der Waals surface area contributed by atoms with Crippen molar-refractivity contribution in [2.75, 3.05) is 11.9 Å². The number of benzene rings is 1. The maximum absolute atomic E-state index is 12.0. The average molecular weight is 375 g/mol. The Balaban J connectivity index is 1.91. The van der Waals surface area contributed by atoms with Crippen LogP contribution in [0.15, 0.2) is 24.3 Å². The fourth-order valence-corrected chi connectivity index (χ4v) is 4.09. The van der Waals surface area contributed by atoms with Crippen LogP contribution in [-0.4, -0.2) is 17.5 Å². The number of carbonyl (C=O) groups excluding carboxylic acids is 1. The Morgan fingerprint density at radius 3 is 2.23 bits per heavy atom. The molecule has 0 bridgehead atoms. The van der Waals surface area contributed by atoms with Crippen molar-refractivity contribution in [1.29, 1.82) is 0 Å². The minimum atomic E-state index is -0.198. The fourth-order valence-electron chi connectivity index (χ4n) is 3.26. The van der Waals surface area contributed by atoms with Crippen molar-refractivity contribution in [3.05, 3.63) is 40.4 Å². The summed E-state index contributed by atoms with van der Waals surface area (Å²) in [7, 11) is 0. The molecule has 2 aromatic rings. The number of hydrogen-bond acceptors (Lipinski definition) is 4. The molecule has 1 N–H and O–H groups in total. The molecule has 0 saturated carbocycles. The van der Waals surface area contributed by atoms with Gasteiger partial charge in [0.1, 0.15) is 5.75 Å². The molecular formula is C21H30N2O2S. The van der Waals surface area contributed by atoms with Crippen molar-refractivity contribution < 1.29 is 9.53 Å². The molecule has 5 heteroatoms. The maximum atomic E-state index is 12.0. The van der Waals surface area contributed by atoms with E-state index in [1.54, 1.807) is 0 Å². The van der Waals surface area contributed by atoms with Gasteiger partial charge in [-0.05, 0) is 48.8 Å². The molecule has 0 radical (unpaired) electrons. The lowest BCUT2D eigenvalue weighted by Crippen LogP contribution is -2.24. The Bertz CT molecular complexity index is 736. The van der Waals surface area contributed by atoms with Crippen LogP contribution >= 0.6 is 11.3 Å². The molecule has 0 unspecified atom stereocenters. The lowest BCUT2D eigenvalue weighted by Gasteiger charge is -2.33. The first kappa shape index (κ1) is 20.4. The number of aromatic nitrogens is 1. The highest BCUT2D eigenvalue weighted by Crippen LogP contribution is 2.36. The van der Waals surface area contributed by atoms with E-state index in [1.165, 1.54) is 16.9 Å². The Morgan fingerprint density at radius 2 is 1.73 bits per heavy atom. The van der Waals surface area contributed by atoms with Crippen molar-refractivity contribution in [1.82, 2.24) is 4.98 Å². The number of ether oxygens (including phenoxy) is 1. The molecule has 0 saturated heterocycles. The van der Waals surface area contributed by atoms with E-state index in [-0.39, 0.29) is 23.3 Å². The molecule has 1 aromatic carbocycles. The second-order valence-corrected chi connectivity index (χ2v) is 9.85. The maximum Gasteiger partial charge on any atom is 0.264 e. The van der Waals surface area contributed by atoms with Crippen LogP contribution in [0.3, 0.4) is 0 Å². The monoisotopic (exact) mass is 374 g/mol. The van der Waals surface area contributed by atoms with Crippen LogP contribution in [0.5, 0.6) is 5.75 Å². The predicted molar refractivity (Wildman–Crippen MR) is 109 cm³/mol. The fraction of sp³-hybridized carbons (Fsp3) is 0.524. The Hall–Kier alpha value is -1.88. The van der Waals surface area contributed by atoms with E-state index in [1.807, 2.05) is 26.0 Å². The summed E-state index contributed by atoms with van der Waals surface area (Å²) in [5.74, 6) is 0.498. The third-order valence-electron chi connectivity index (χ3n) is 4.25. The number of thiazole rings is 1. The first-order valence-corrected chi connectivity index (χ1v) is 9.75. The summed E-state index contributed by atoms with van der Waals surface area (Å²) in [6.07, 6.45) is 1.09. The summed E-state index contributed by atoms with van der Waals surface area (Å²) in [4.78, 5) is 17.4. The summed E-state index contributed by atoms with van der Waals surface area (Å²) < 4.78 is 5.61. The van der Waals surface area contributed by atoms with Gasteiger partial charge in [0, 0.05) is 4.88 Å². The Kier molecular flexibility index (Phi) is 6.12. The molecule has 2 rings (SSSR count). The molecule has 0 atom stereocenters. The van der Waals surface area contributed by atoms with E-state index in [2.05, 4.69) is 57.1 Å². The standard InChI is InChI=1S/C21H30N2O2S/c1-14-15(2)26-19(22-14)23-18(24)12-25-17-10-8-16(9-11-17)21(6,7)13-20(3,4)5/h8-11H,12-13H2,1-7H3,(H,22,23,24). The van der Waals surface area contributed by atoms with Crippen LogP contribution in [0.1, 0.15) is 57.2 Å². The number of nitrogens with one attached hydrogen (secondary N) is 1. The van der Waals surface area contributed by atoms with Gasteiger partial charge in [0.15, 0.2) is 11.7 Å². The van der Waals surface area contributed by atoms with Gasteiger partial charge in [-0.1, -0.05) is 46.8 Å². The first-order valence-electron chi connectivity index (χ1n) is 8.93. The van der Waals surface area contributed by atoms with Crippen LogP contribution in [0.25, 0.3) is 0 Å². The van der Waals surface area contributed by atoms with Crippen molar-refractivity contribution in [3.63, 3.8) is 0 Å². The molecule has 0 fully saturated rings. The third kappa shape index (κ3) is 5.84. The zero-order chi connectivity index (χ0) is 19.5. The second-order valence-electron chi connectivity index (χ2n) is 8.64. The smallest absolute Gasteiger partial charge is 0.264 e. The minimum absolute atomic E-state index is 0.0254. The quantitative estimate of drug-likeness (QED) is 0.727. The number of aryl methyl sites for hydroxylation is 2. The van der Waals surface area contributed by atoms with Gasteiger partial charge in [-0.2, -0.15) is 0 Å². The number of hydrogen-bond donors (Lipinski definition) is 1. The van der Waals surface area contributed by atoms with Crippen molar-refractivity contribution in [2.24, 2.45) is 5.41 Å². The minimum Gasteiger partial charge on any atom is -0.484 e. The number of nitrogens with zero attached hydrogens (tertiary/aromatic N) is 1. The highest BCUT2D eigenvalue weighted by atomic mass is 32.1. The summed E-state index contributed by atoms with van der Waals surface area (Å²) in [6.45, 7) is 15.2. The molecule has 0 aliphatic rings. The van der Waals surface area contributed by atoms with Crippen LogP contribution in [0.2, 0.25) is 0 Å². The van der Waals surface area contributed by atoms with Crippen LogP contribution in [0.4, 0.5) is 5.13 Å². The summed E-state index contributed by atoms with van der Waals surface area (Å²) >= 11 is 1.47. The summed E-state index contributed by atoms with van der Waals surface area (Å²) in [6, 6.07) is 8.05. The summed E-state index contributed by atoms with van der Waals surface area (Å²) in [5.41, 5.74) is 2.58. The molecule has 1 aromatic heterocycles. The molecule has 0 aliphatic heterocycles. The summed E-state index contributed by atoms with van der Waals surface area (Å²) in [5, 5.41) is 3.40. The predicted octanol–water partition coefficient (Wildman–Crippen LogP) is 5.49. The number of amides is 1. The van der Waals surface area contributed by atoms with Gasteiger partial charge in [-0.25, -0.2) is 4.98 Å². The van der Waals surface area contributed by atoms with Gasteiger partial charge >= 0.3 is 0 Å². The van der Waals surface area contributed by atoms with E-state index < -0.39 is 0 Å². The molecule has 1 amide bonds. The largest absolute Gasteiger partial charge is 0.484 e. The highest BCUT2D eigenvalue weighted by molar-refractivity contribution is 7.15. The van der Waals surface area contributed by atoms with Gasteiger partial charge in [0.25, 0.3) is 5.91 Å². The second kappa shape index (κ2) is 7.78. The topological polar surface area (TPSA) is 51.2 Å². The van der Waals surface area contributed by atoms with Gasteiger partial charge < -0.3 is 4.74 Å². The van der Waals surface area contributed by atoms with Crippen molar-refractivity contribution >= 4 is 22.4 Å². The van der Waals surface area contributed by atoms with Gasteiger partial charge in [-0.15, -0.1) is 11.3 Å². The zero-order valence-electron chi connectivity index (χ0n) is 16.9. The third-order valence-corrected chi connectivity index (χ3v) is 5.24. The van der Waals surface area contributed by atoms with Crippen molar-refractivity contribution in [2.45, 2.75) is 60.3 Å². The van der Waals surface area contributed by atoms with Crippen LogP contribution in [-0.2, 0) is 10.2 Å². The number of anilines is 1. The molecule has 26 heavy (non-hydrogen) atoms. The zero-order valence-corrected chi connectivity index (χ0v) is 17.7. The SMILES string of the molecule is Cc1nc(NC(=O)COc2ccc(C(C)(C)CC(C)(C)C)cc2)sc1C. The van der Waals surface area contributed by atoms with Crippen molar-refractivity contribution in [3.8, 4) is 5.75 Å². The molecule has 4 nitrogen and oxygen atoms in total. The normalized spacial score (nSPS) is 12.1. The van der Waals surface area contributed by atoms with Gasteiger partial charge in [-0.3, -0.25) is 10.1 Å². The lowest BCUT2D eigenvalue weighted by atomic mass is 9.72. The van der Waals surface area contributed by atoms with E-state index in [9.17, 15) is 4.79 Å². The number of carbonyl (C=O) groups is 1. The van der Waals surface area contributed by atoms with Crippen LogP contribution in [0, 0.1) is 19.3 Å². The molecule has 1 heterocycles. The molecule has 0 aliphatic carbocycles. The lowest BCUT2D eigenvalue weighted by molar-refractivity contribution is -0.118.